The van der Waals surface area contributed by atoms with Crippen LogP contribution in [-0.2, 0) is 24.9 Å². The number of hydrogen-bond donors (Lipinski definition) is 2. The SMILES string of the molecule is CC(C)(C)[Si](C)(C)OC[C@H]1O[C@@H](n2cc3c(nc2=O)Nc2c(OCCNC(=O)OCc4ccccc4)cc(-c4cccs4)cc2O3)C[C@@H]1O[Si](C)(C)C(C)(C)C. The van der Waals surface area contributed by atoms with Crippen molar-refractivity contribution in [3.8, 4) is 27.7 Å². The van der Waals surface area contributed by atoms with Gasteiger partial charge in [0.2, 0.25) is 0 Å². The number of fused-ring (bicyclic) bond motifs is 2. The first-order chi connectivity index (χ1) is 26.3. The number of carbonyl (C=O) groups is 1. The lowest BCUT2D eigenvalue weighted by atomic mass is 10.1. The Balaban J connectivity index is 1.20. The Morgan fingerprint density at radius 1 is 1.00 bits per heavy atom. The molecule has 2 aliphatic rings. The van der Waals surface area contributed by atoms with Gasteiger partial charge in [-0.15, -0.1) is 11.3 Å². The van der Waals surface area contributed by atoms with Gasteiger partial charge in [-0.05, 0) is 71.0 Å². The molecular weight excluding hydrogens is 765 g/mol. The van der Waals surface area contributed by atoms with E-state index < -0.39 is 34.6 Å². The van der Waals surface area contributed by atoms with E-state index in [9.17, 15) is 9.59 Å². The zero-order valence-electron chi connectivity index (χ0n) is 34.2. The predicted molar refractivity (Wildman–Crippen MR) is 225 cm³/mol. The average Bonchev–Trinajstić information content (AvgIpc) is 3.81. The lowest BCUT2D eigenvalue weighted by Crippen LogP contribution is -2.48. The fourth-order valence-corrected chi connectivity index (χ4v) is 8.93. The molecule has 12 nitrogen and oxygen atoms in total. The fraction of sp³-hybridized carbons (Fsp3) is 0.488. The van der Waals surface area contributed by atoms with Crippen LogP contribution in [0.3, 0.4) is 0 Å². The van der Waals surface area contributed by atoms with Crippen molar-refractivity contribution in [2.75, 3.05) is 25.1 Å². The van der Waals surface area contributed by atoms with E-state index in [0.29, 0.717) is 36.0 Å². The summed E-state index contributed by atoms with van der Waals surface area (Å²) >= 11 is 1.59. The summed E-state index contributed by atoms with van der Waals surface area (Å²) < 4.78 is 39.8. The standard InChI is InChI=1S/C41H56N4O8SSi2/c1-40(2,3)55(7,8)50-26-33-29(53-56(9,10)41(4,5)6)23-35(52-33)45-24-32-37(44-38(45)46)43-36-30(21-28(22-31(36)51-32)34-17-14-20-54-34)48-19-18-42-39(47)49-25-27-15-12-11-13-16-27/h11-17,20-22,24,29,33,35H,18-19,23,25-26H2,1-10H3,(H,42,47)(H,43,44,46)/t29-,33+,35+/m0/s1. The quantitative estimate of drug-likeness (QED) is 0.0874. The van der Waals surface area contributed by atoms with Crippen molar-refractivity contribution in [2.24, 2.45) is 0 Å². The van der Waals surface area contributed by atoms with Crippen LogP contribution < -0.4 is 25.8 Å². The summed E-state index contributed by atoms with van der Waals surface area (Å²) in [7, 11) is -4.29. The lowest BCUT2D eigenvalue weighted by Gasteiger charge is -2.40. The molecule has 4 aromatic rings. The van der Waals surface area contributed by atoms with Crippen LogP contribution in [0.4, 0.5) is 16.3 Å². The highest BCUT2D eigenvalue weighted by molar-refractivity contribution is 7.13. The molecule has 2 aliphatic heterocycles. The van der Waals surface area contributed by atoms with E-state index in [1.165, 1.54) is 4.57 Å². The molecule has 2 aromatic carbocycles. The normalized spacial score (nSPS) is 18.4. The number of nitrogens with zero attached hydrogens (tertiary/aromatic N) is 2. The van der Waals surface area contributed by atoms with Crippen molar-refractivity contribution < 1.29 is 32.6 Å². The Labute approximate surface area is 336 Å². The monoisotopic (exact) mass is 820 g/mol. The number of amides is 1. The van der Waals surface area contributed by atoms with E-state index in [1.54, 1.807) is 17.5 Å². The molecule has 0 radical (unpaired) electrons. The van der Waals surface area contributed by atoms with Gasteiger partial charge in [-0.3, -0.25) is 4.57 Å². The molecule has 2 N–H and O–H groups in total. The van der Waals surface area contributed by atoms with Crippen molar-refractivity contribution in [2.45, 2.75) is 109 Å². The summed E-state index contributed by atoms with van der Waals surface area (Å²) in [6.45, 7) is 23.1. The third kappa shape index (κ3) is 9.57. The molecule has 0 saturated carbocycles. The highest BCUT2D eigenvalue weighted by Crippen LogP contribution is 2.49. The van der Waals surface area contributed by atoms with Gasteiger partial charge in [0.25, 0.3) is 0 Å². The van der Waals surface area contributed by atoms with Crippen LogP contribution in [0.5, 0.6) is 17.2 Å². The van der Waals surface area contributed by atoms with E-state index >= 15 is 0 Å². The number of benzene rings is 2. The molecule has 4 heterocycles. The van der Waals surface area contributed by atoms with E-state index in [4.69, 9.17) is 27.8 Å². The number of hydrogen-bond acceptors (Lipinski definition) is 11. The van der Waals surface area contributed by atoms with Gasteiger partial charge in [0, 0.05) is 11.3 Å². The second-order valence-corrected chi connectivity index (χ2v) is 27.9. The topological polar surface area (TPSA) is 131 Å². The zero-order valence-corrected chi connectivity index (χ0v) is 37.0. The second kappa shape index (κ2) is 16.5. The van der Waals surface area contributed by atoms with Crippen LogP contribution in [0.15, 0.2) is 71.0 Å². The van der Waals surface area contributed by atoms with Gasteiger partial charge in [-0.25, -0.2) is 9.59 Å². The highest BCUT2D eigenvalue weighted by atomic mass is 32.1. The molecular formula is C41H56N4O8SSi2. The summed E-state index contributed by atoms with van der Waals surface area (Å²) in [5.41, 5.74) is 1.83. The molecule has 15 heteroatoms. The Bertz CT molecular complexity index is 2050. The van der Waals surface area contributed by atoms with Crippen molar-refractivity contribution in [1.29, 1.82) is 0 Å². The maximum absolute atomic E-state index is 13.7. The van der Waals surface area contributed by atoms with Gasteiger partial charge < -0.3 is 38.4 Å². The molecule has 0 spiro atoms. The molecule has 0 bridgehead atoms. The number of alkyl carbamates (subject to hydrolysis) is 1. The summed E-state index contributed by atoms with van der Waals surface area (Å²) in [6.07, 6.45) is 0.338. The number of rotatable bonds is 13. The van der Waals surface area contributed by atoms with Gasteiger partial charge in [0.15, 0.2) is 34.0 Å². The second-order valence-electron chi connectivity index (χ2n) is 17.4. The number of ether oxygens (including phenoxy) is 4. The summed E-state index contributed by atoms with van der Waals surface area (Å²) in [5, 5.41) is 8.04. The number of aromatic nitrogens is 2. The molecule has 0 aliphatic carbocycles. The van der Waals surface area contributed by atoms with Crippen molar-refractivity contribution in [1.82, 2.24) is 14.9 Å². The zero-order chi connectivity index (χ0) is 40.5. The third-order valence-electron chi connectivity index (χ3n) is 11.3. The number of thiophene rings is 1. The van der Waals surface area contributed by atoms with Crippen LogP contribution >= 0.6 is 11.3 Å². The van der Waals surface area contributed by atoms with Gasteiger partial charge in [0.1, 0.15) is 37.0 Å². The average molecular weight is 821 g/mol. The van der Waals surface area contributed by atoms with Crippen molar-refractivity contribution in [3.63, 3.8) is 0 Å². The molecule has 0 unspecified atom stereocenters. The summed E-state index contributed by atoms with van der Waals surface area (Å²) in [6, 6.07) is 17.3. The Morgan fingerprint density at radius 2 is 1.73 bits per heavy atom. The van der Waals surface area contributed by atoms with Gasteiger partial charge in [0.05, 0.1) is 25.5 Å². The van der Waals surface area contributed by atoms with Crippen LogP contribution in [0.25, 0.3) is 10.4 Å². The Hall–Kier alpha value is -4.00. The molecule has 302 valence electrons. The van der Waals surface area contributed by atoms with Crippen LogP contribution in [0.2, 0.25) is 36.3 Å². The van der Waals surface area contributed by atoms with Gasteiger partial charge >= 0.3 is 11.8 Å². The smallest absolute Gasteiger partial charge is 0.407 e. The Morgan fingerprint density at radius 3 is 2.41 bits per heavy atom. The first-order valence-corrected chi connectivity index (χ1v) is 25.9. The molecule has 1 fully saturated rings. The van der Waals surface area contributed by atoms with Gasteiger partial charge in [-0.2, -0.15) is 4.98 Å². The minimum Gasteiger partial charge on any atom is -0.489 e. The van der Waals surface area contributed by atoms with E-state index in [0.717, 1.165) is 16.0 Å². The Kier molecular flexibility index (Phi) is 12.2. The van der Waals surface area contributed by atoms with E-state index in [2.05, 4.69) is 83.3 Å². The molecule has 6 rings (SSSR count). The lowest BCUT2D eigenvalue weighted by molar-refractivity contribution is -0.0413. The minimum absolute atomic E-state index is 0.0115. The largest absolute Gasteiger partial charge is 0.489 e. The van der Waals surface area contributed by atoms with Crippen LogP contribution in [-0.4, -0.2) is 64.2 Å². The highest BCUT2D eigenvalue weighted by Gasteiger charge is 2.47. The number of anilines is 2. The maximum Gasteiger partial charge on any atom is 0.407 e. The van der Waals surface area contributed by atoms with Crippen molar-refractivity contribution in [3.05, 3.63) is 82.2 Å². The van der Waals surface area contributed by atoms with E-state index in [1.807, 2.05) is 60.0 Å². The van der Waals surface area contributed by atoms with Gasteiger partial charge in [-0.1, -0.05) is 77.9 Å². The number of nitrogens with one attached hydrogen (secondary N) is 2. The summed E-state index contributed by atoms with van der Waals surface area (Å²) in [5.74, 6) is 1.63. The van der Waals surface area contributed by atoms with Crippen LogP contribution in [0.1, 0.15) is 59.8 Å². The molecule has 3 atom stereocenters. The first-order valence-electron chi connectivity index (χ1n) is 19.2. The van der Waals surface area contributed by atoms with E-state index in [-0.39, 0.29) is 47.9 Å². The first kappa shape index (κ1) is 41.6. The predicted octanol–water partition coefficient (Wildman–Crippen LogP) is 9.83. The molecule has 56 heavy (non-hydrogen) atoms. The molecule has 2 aromatic heterocycles. The fourth-order valence-electron chi connectivity index (χ4n) is 5.85. The summed E-state index contributed by atoms with van der Waals surface area (Å²) in [4.78, 5) is 31.5. The third-order valence-corrected chi connectivity index (χ3v) is 21.2. The molecule has 1 saturated heterocycles. The van der Waals surface area contributed by atoms with Crippen LogP contribution in [0, 0.1) is 0 Å². The van der Waals surface area contributed by atoms with Crippen molar-refractivity contribution >= 4 is 45.6 Å². The maximum atomic E-state index is 13.7. The minimum atomic E-state index is -2.20. The number of carbonyl (C=O) groups excluding carboxylic acids is 1. The molecule has 1 amide bonds.